The third kappa shape index (κ3) is 6.15. The van der Waals surface area contributed by atoms with Crippen LogP contribution in [0.2, 0.25) is 0 Å². The van der Waals surface area contributed by atoms with Gasteiger partial charge in [-0.3, -0.25) is 9.79 Å². The minimum absolute atomic E-state index is 0. The molecule has 2 aromatic rings. The summed E-state index contributed by atoms with van der Waals surface area (Å²) >= 11 is 0. The Morgan fingerprint density at radius 2 is 1.90 bits per heavy atom. The molecule has 0 bridgehead atoms. The number of benzene rings is 1. The zero-order valence-corrected chi connectivity index (χ0v) is 18.6. The van der Waals surface area contributed by atoms with Gasteiger partial charge in [-0.05, 0) is 49.2 Å². The summed E-state index contributed by atoms with van der Waals surface area (Å²) in [4.78, 5) is 20.7. The van der Waals surface area contributed by atoms with Crippen molar-refractivity contribution in [1.82, 2.24) is 15.1 Å². The van der Waals surface area contributed by atoms with E-state index in [0.29, 0.717) is 63.0 Å². The van der Waals surface area contributed by atoms with Gasteiger partial charge >= 0.3 is 0 Å². The summed E-state index contributed by atoms with van der Waals surface area (Å²) in [6.45, 7) is 5.38. The zero-order valence-electron chi connectivity index (χ0n) is 16.2. The van der Waals surface area contributed by atoms with E-state index in [2.05, 4.69) is 15.2 Å². The Morgan fingerprint density at radius 3 is 2.55 bits per heavy atom. The number of carbonyl (C=O) groups excluding carboxylic acids is 1. The van der Waals surface area contributed by atoms with E-state index in [4.69, 9.17) is 4.42 Å². The van der Waals surface area contributed by atoms with E-state index in [9.17, 15) is 13.6 Å². The van der Waals surface area contributed by atoms with Crippen molar-refractivity contribution >= 4 is 35.8 Å². The molecule has 1 aliphatic rings. The number of aliphatic imine (C=N–C) groups is 1. The molecule has 0 radical (unpaired) electrons. The van der Waals surface area contributed by atoms with Crippen molar-refractivity contribution in [2.75, 3.05) is 39.3 Å². The average molecular weight is 518 g/mol. The predicted octanol–water partition coefficient (Wildman–Crippen LogP) is 3.14. The van der Waals surface area contributed by atoms with E-state index < -0.39 is 11.6 Å². The van der Waals surface area contributed by atoms with Gasteiger partial charge < -0.3 is 19.5 Å². The smallest absolute Gasteiger partial charge is 0.289 e. The van der Waals surface area contributed by atoms with Gasteiger partial charge in [-0.15, -0.1) is 24.0 Å². The van der Waals surface area contributed by atoms with Crippen LogP contribution in [-0.2, 0) is 6.42 Å². The molecular formula is C20H25F2IN4O2. The number of halogens is 3. The molecule has 3 rings (SSSR count). The first-order chi connectivity index (χ1) is 13.6. The second kappa shape index (κ2) is 11.1. The van der Waals surface area contributed by atoms with Gasteiger partial charge in [-0.1, -0.05) is 0 Å². The Bertz CT molecular complexity index is 822. The molecule has 0 unspecified atom stereocenters. The zero-order chi connectivity index (χ0) is 19.9. The molecule has 1 fully saturated rings. The van der Waals surface area contributed by atoms with Crippen LogP contribution in [0.25, 0.3) is 0 Å². The first kappa shape index (κ1) is 23.1. The maximum absolute atomic E-state index is 13.7. The van der Waals surface area contributed by atoms with Gasteiger partial charge in [0.2, 0.25) is 0 Å². The van der Waals surface area contributed by atoms with Crippen molar-refractivity contribution in [3.05, 3.63) is 59.6 Å². The molecule has 6 nitrogen and oxygen atoms in total. The number of nitrogens with one attached hydrogen (secondary N) is 1. The van der Waals surface area contributed by atoms with Gasteiger partial charge in [0.15, 0.2) is 11.7 Å². The van der Waals surface area contributed by atoms with E-state index in [1.54, 1.807) is 17.0 Å². The second-order valence-corrected chi connectivity index (χ2v) is 6.48. The largest absolute Gasteiger partial charge is 0.459 e. The topological polar surface area (TPSA) is 61.1 Å². The summed E-state index contributed by atoms with van der Waals surface area (Å²) < 4.78 is 32.2. The maximum atomic E-state index is 13.7. The molecule has 1 aliphatic heterocycles. The first-order valence-electron chi connectivity index (χ1n) is 9.38. The molecule has 9 heteroatoms. The van der Waals surface area contributed by atoms with Crippen molar-refractivity contribution in [2.24, 2.45) is 4.99 Å². The van der Waals surface area contributed by atoms with Crippen LogP contribution in [0.4, 0.5) is 8.78 Å². The molecule has 1 aromatic heterocycles. The highest BCUT2D eigenvalue weighted by molar-refractivity contribution is 14.0. The van der Waals surface area contributed by atoms with Crippen LogP contribution >= 0.6 is 24.0 Å². The Hall–Kier alpha value is -2.17. The maximum Gasteiger partial charge on any atom is 0.289 e. The molecule has 0 atom stereocenters. The number of hydrogen-bond donors (Lipinski definition) is 1. The highest BCUT2D eigenvalue weighted by Gasteiger charge is 2.25. The molecule has 1 amide bonds. The highest BCUT2D eigenvalue weighted by atomic mass is 127. The molecular weight excluding hydrogens is 493 g/mol. The number of amides is 1. The monoisotopic (exact) mass is 518 g/mol. The van der Waals surface area contributed by atoms with Crippen LogP contribution in [0.5, 0.6) is 0 Å². The Kier molecular flexibility index (Phi) is 8.87. The van der Waals surface area contributed by atoms with Crippen LogP contribution in [0, 0.1) is 11.6 Å². The summed E-state index contributed by atoms with van der Waals surface area (Å²) in [5.74, 6) is 0.0556. The summed E-state index contributed by atoms with van der Waals surface area (Å²) in [6.07, 6.45) is 1.80. The van der Waals surface area contributed by atoms with E-state index in [1.165, 1.54) is 12.3 Å². The highest BCUT2D eigenvalue weighted by Crippen LogP contribution is 2.12. The van der Waals surface area contributed by atoms with E-state index in [1.807, 2.05) is 6.92 Å². The molecule has 158 valence electrons. The minimum atomic E-state index is -0.454. The van der Waals surface area contributed by atoms with Crippen LogP contribution in [0.3, 0.4) is 0 Å². The lowest BCUT2D eigenvalue weighted by Gasteiger charge is -2.36. The standard InChI is InChI=1S/C20H24F2N4O2.HI/c1-2-23-20(24-8-7-15-14-16(21)5-6-17(15)22)26-11-9-25(10-12-26)19(27)18-4-3-13-28-18;/h3-6,13-14H,2,7-12H2,1H3,(H,23,24);1H. The van der Waals surface area contributed by atoms with Gasteiger partial charge in [0.25, 0.3) is 5.91 Å². The van der Waals surface area contributed by atoms with Crippen molar-refractivity contribution in [2.45, 2.75) is 13.3 Å². The number of carbonyl (C=O) groups is 1. The quantitative estimate of drug-likeness (QED) is 0.376. The van der Waals surface area contributed by atoms with Crippen molar-refractivity contribution in [1.29, 1.82) is 0 Å². The van der Waals surface area contributed by atoms with Gasteiger partial charge in [0.1, 0.15) is 11.6 Å². The lowest BCUT2D eigenvalue weighted by Crippen LogP contribution is -2.53. The third-order valence-electron chi connectivity index (χ3n) is 4.58. The number of furan rings is 1. The fourth-order valence-electron chi connectivity index (χ4n) is 3.12. The molecule has 1 saturated heterocycles. The number of hydrogen-bond acceptors (Lipinski definition) is 3. The number of rotatable bonds is 5. The summed E-state index contributed by atoms with van der Waals surface area (Å²) in [5.41, 5.74) is 0.313. The normalized spacial score (nSPS) is 14.5. The number of piperazine rings is 1. The minimum Gasteiger partial charge on any atom is -0.459 e. The first-order valence-corrected chi connectivity index (χ1v) is 9.38. The molecule has 1 N–H and O–H groups in total. The lowest BCUT2D eigenvalue weighted by molar-refractivity contribution is 0.0657. The fourth-order valence-corrected chi connectivity index (χ4v) is 3.12. The summed E-state index contributed by atoms with van der Waals surface area (Å²) in [7, 11) is 0. The van der Waals surface area contributed by atoms with Crippen molar-refractivity contribution in [3.8, 4) is 0 Å². The molecule has 2 heterocycles. The molecule has 0 spiro atoms. The van der Waals surface area contributed by atoms with Crippen LogP contribution in [0.15, 0.2) is 46.0 Å². The van der Waals surface area contributed by atoms with Crippen molar-refractivity contribution < 1.29 is 18.0 Å². The van der Waals surface area contributed by atoms with Crippen LogP contribution in [-0.4, -0.2) is 60.9 Å². The Labute approximate surface area is 186 Å². The van der Waals surface area contributed by atoms with Gasteiger partial charge in [-0.2, -0.15) is 0 Å². The molecule has 29 heavy (non-hydrogen) atoms. The van der Waals surface area contributed by atoms with E-state index >= 15 is 0 Å². The summed E-state index contributed by atoms with van der Waals surface area (Å²) in [6, 6.07) is 6.80. The lowest BCUT2D eigenvalue weighted by atomic mass is 10.1. The SMILES string of the molecule is CCNC(=NCCc1cc(F)ccc1F)N1CCN(C(=O)c2ccco2)CC1.I. The molecule has 0 aliphatic carbocycles. The molecule has 0 saturated carbocycles. The average Bonchev–Trinajstić information content (AvgIpc) is 3.24. The van der Waals surface area contributed by atoms with Crippen molar-refractivity contribution in [3.63, 3.8) is 0 Å². The number of nitrogens with zero attached hydrogens (tertiary/aromatic N) is 3. The second-order valence-electron chi connectivity index (χ2n) is 6.48. The van der Waals surface area contributed by atoms with Crippen LogP contribution < -0.4 is 5.32 Å². The third-order valence-corrected chi connectivity index (χ3v) is 4.58. The Balaban J connectivity index is 0.00000300. The van der Waals surface area contributed by atoms with Crippen LogP contribution in [0.1, 0.15) is 23.0 Å². The van der Waals surface area contributed by atoms with Gasteiger partial charge in [0.05, 0.1) is 6.26 Å². The predicted molar refractivity (Wildman–Crippen MR) is 118 cm³/mol. The van der Waals surface area contributed by atoms with E-state index in [-0.39, 0.29) is 29.9 Å². The summed E-state index contributed by atoms with van der Waals surface area (Å²) in [5, 5.41) is 3.22. The van der Waals surface area contributed by atoms with Gasteiger partial charge in [-0.25, -0.2) is 8.78 Å². The van der Waals surface area contributed by atoms with Gasteiger partial charge in [0, 0.05) is 39.3 Å². The van der Waals surface area contributed by atoms with E-state index in [0.717, 1.165) is 12.1 Å². The Morgan fingerprint density at radius 1 is 1.17 bits per heavy atom. The fraction of sp³-hybridized carbons (Fsp3) is 0.400. The number of guanidine groups is 1. The molecule has 1 aromatic carbocycles.